The van der Waals surface area contributed by atoms with E-state index in [-0.39, 0.29) is 11.5 Å². The van der Waals surface area contributed by atoms with E-state index in [2.05, 4.69) is 29.7 Å². The van der Waals surface area contributed by atoms with Gasteiger partial charge in [-0.2, -0.15) is 0 Å². The molecule has 1 saturated heterocycles. The molecule has 0 radical (unpaired) electrons. The number of benzene rings is 1. The molecule has 20 heavy (non-hydrogen) atoms. The molecule has 1 fully saturated rings. The summed E-state index contributed by atoms with van der Waals surface area (Å²) >= 11 is 6.25. The summed E-state index contributed by atoms with van der Waals surface area (Å²) in [5.74, 6) is 0. The van der Waals surface area contributed by atoms with Gasteiger partial charge in [0.15, 0.2) is 0 Å². The van der Waals surface area contributed by atoms with Gasteiger partial charge in [0.2, 0.25) is 0 Å². The first-order chi connectivity index (χ1) is 9.40. The van der Waals surface area contributed by atoms with E-state index in [0.29, 0.717) is 0 Å². The van der Waals surface area contributed by atoms with Crippen molar-refractivity contribution >= 4 is 17.3 Å². The Morgan fingerprint density at radius 3 is 2.35 bits per heavy atom. The first kappa shape index (κ1) is 15.6. The molecule has 0 saturated carbocycles. The van der Waals surface area contributed by atoms with Crippen LogP contribution in [0.5, 0.6) is 0 Å². The van der Waals surface area contributed by atoms with Crippen molar-refractivity contribution in [3.63, 3.8) is 0 Å². The molecular weight excluding hydrogens is 272 g/mol. The Kier molecular flexibility index (Phi) is 4.95. The van der Waals surface area contributed by atoms with Gasteiger partial charge in [0.25, 0.3) is 0 Å². The summed E-state index contributed by atoms with van der Waals surface area (Å²) in [4.78, 5) is 4.77. The summed E-state index contributed by atoms with van der Waals surface area (Å²) in [7, 11) is 0. The lowest BCUT2D eigenvalue weighted by atomic mass is 9.86. The highest BCUT2D eigenvalue weighted by atomic mass is 35.5. The number of aliphatic hydroxyl groups excluding tert-OH is 1. The average molecular weight is 297 g/mol. The van der Waals surface area contributed by atoms with Crippen molar-refractivity contribution in [3.05, 3.63) is 29.3 Å². The maximum absolute atomic E-state index is 9.82. The van der Waals surface area contributed by atoms with E-state index in [1.54, 1.807) is 0 Å². The Bertz CT molecular complexity index is 440. The predicted molar refractivity (Wildman–Crippen MR) is 85.6 cm³/mol. The van der Waals surface area contributed by atoms with Crippen LogP contribution in [-0.2, 0) is 0 Å². The number of hydrogen-bond donors (Lipinski definition) is 1. The molecule has 112 valence electrons. The molecule has 1 unspecified atom stereocenters. The highest BCUT2D eigenvalue weighted by Gasteiger charge is 2.29. The summed E-state index contributed by atoms with van der Waals surface area (Å²) in [5, 5.41) is 10.6. The molecule has 3 nitrogen and oxygen atoms in total. The molecule has 1 aliphatic heterocycles. The van der Waals surface area contributed by atoms with Gasteiger partial charge in [0.05, 0.1) is 16.8 Å². The van der Waals surface area contributed by atoms with Gasteiger partial charge in [0, 0.05) is 38.1 Å². The van der Waals surface area contributed by atoms with Crippen LogP contribution in [-0.4, -0.2) is 48.8 Å². The van der Waals surface area contributed by atoms with Crippen molar-refractivity contribution < 1.29 is 5.11 Å². The normalized spacial score (nSPS) is 19.1. The number of hydrogen-bond acceptors (Lipinski definition) is 3. The Balaban J connectivity index is 1.92. The minimum atomic E-state index is -0.288. The molecule has 0 bridgehead atoms. The zero-order chi connectivity index (χ0) is 14.8. The third kappa shape index (κ3) is 3.66. The van der Waals surface area contributed by atoms with Crippen LogP contribution >= 0.6 is 11.6 Å². The molecule has 1 aromatic rings. The van der Waals surface area contributed by atoms with Crippen LogP contribution in [0.25, 0.3) is 0 Å². The molecule has 1 aromatic carbocycles. The molecule has 1 atom stereocenters. The van der Waals surface area contributed by atoms with Crippen molar-refractivity contribution in [3.8, 4) is 0 Å². The molecule has 0 aromatic heterocycles. The third-order valence-electron chi connectivity index (χ3n) is 4.33. The molecule has 1 aliphatic rings. The summed E-state index contributed by atoms with van der Waals surface area (Å²) < 4.78 is 0. The number of aliphatic hydroxyl groups is 1. The maximum Gasteiger partial charge on any atom is 0.0639 e. The highest BCUT2D eigenvalue weighted by Crippen LogP contribution is 2.27. The molecule has 4 heteroatoms. The van der Waals surface area contributed by atoms with Crippen LogP contribution in [0, 0.1) is 5.41 Å². The fourth-order valence-corrected chi connectivity index (χ4v) is 2.82. The SMILES string of the molecule is CC(O)C(C)(C)CN1CCN(c2ccccc2Cl)CC1. The van der Waals surface area contributed by atoms with Crippen LogP contribution in [0.1, 0.15) is 20.8 Å². The van der Waals surface area contributed by atoms with E-state index < -0.39 is 0 Å². The van der Waals surface area contributed by atoms with E-state index in [1.807, 2.05) is 25.1 Å². The number of piperazine rings is 1. The number of rotatable bonds is 4. The van der Waals surface area contributed by atoms with Crippen LogP contribution in [0.2, 0.25) is 5.02 Å². The fourth-order valence-electron chi connectivity index (χ4n) is 2.56. The maximum atomic E-state index is 9.82. The third-order valence-corrected chi connectivity index (χ3v) is 4.65. The summed E-state index contributed by atoms with van der Waals surface area (Å²) in [6.07, 6.45) is -0.288. The van der Waals surface area contributed by atoms with Gasteiger partial charge in [-0.3, -0.25) is 4.90 Å². The first-order valence-electron chi connectivity index (χ1n) is 7.30. The molecule has 0 amide bonds. The van der Waals surface area contributed by atoms with Gasteiger partial charge < -0.3 is 10.0 Å². The monoisotopic (exact) mass is 296 g/mol. The standard InChI is InChI=1S/C16H25ClN2O/c1-13(20)16(2,3)12-18-8-10-19(11-9-18)15-7-5-4-6-14(15)17/h4-7,13,20H,8-12H2,1-3H3. The lowest BCUT2D eigenvalue weighted by Gasteiger charge is -2.41. The van der Waals surface area contributed by atoms with Crippen LogP contribution < -0.4 is 4.90 Å². The number of para-hydroxylation sites is 1. The highest BCUT2D eigenvalue weighted by molar-refractivity contribution is 6.33. The van der Waals surface area contributed by atoms with E-state index >= 15 is 0 Å². The van der Waals surface area contributed by atoms with Crippen LogP contribution in [0.15, 0.2) is 24.3 Å². The quantitative estimate of drug-likeness (QED) is 0.925. The van der Waals surface area contributed by atoms with Crippen molar-refractivity contribution in [1.82, 2.24) is 4.90 Å². The zero-order valence-corrected chi connectivity index (χ0v) is 13.4. The van der Waals surface area contributed by atoms with E-state index in [9.17, 15) is 5.11 Å². The van der Waals surface area contributed by atoms with Gasteiger partial charge in [-0.1, -0.05) is 37.6 Å². The van der Waals surface area contributed by atoms with E-state index in [4.69, 9.17) is 11.6 Å². The Hall–Kier alpha value is -0.770. The van der Waals surface area contributed by atoms with Crippen molar-refractivity contribution in [1.29, 1.82) is 0 Å². The zero-order valence-electron chi connectivity index (χ0n) is 12.6. The van der Waals surface area contributed by atoms with E-state index in [0.717, 1.165) is 43.4 Å². The van der Waals surface area contributed by atoms with Gasteiger partial charge >= 0.3 is 0 Å². The second-order valence-electron chi connectivity index (χ2n) is 6.38. The van der Waals surface area contributed by atoms with Gasteiger partial charge in [0.1, 0.15) is 0 Å². The van der Waals surface area contributed by atoms with Crippen LogP contribution in [0.3, 0.4) is 0 Å². The number of nitrogens with zero attached hydrogens (tertiary/aromatic N) is 2. The van der Waals surface area contributed by atoms with Gasteiger partial charge in [-0.05, 0) is 19.1 Å². The average Bonchev–Trinajstić information content (AvgIpc) is 2.40. The van der Waals surface area contributed by atoms with E-state index in [1.165, 1.54) is 0 Å². The van der Waals surface area contributed by atoms with Crippen molar-refractivity contribution in [2.45, 2.75) is 26.9 Å². The summed E-state index contributed by atoms with van der Waals surface area (Å²) in [6, 6.07) is 8.02. The molecule has 0 aliphatic carbocycles. The molecule has 1 N–H and O–H groups in total. The minimum absolute atomic E-state index is 0.0629. The first-order valence-corrected chi connectivity index (χ1v) is 7.68. The topological polar surface area (TPSA) is 26.7 Å². The second-order valence-corrected chi connectivity index (χ2v) is 6.79. The fraction of sp³-hybridized carbons (Fsp3) is 0.625. The summed E-state index contributed by atoms with van der Waals surface area (Å²) in [6.45, 7) is 11.1. The molecular formula is C16H25ClN2O. The summed E-state index contributed by atoms with van der Waals surface area (Å²) in [5.41, 5.74) is 1.07. The van der Waals surface area contributed by atoms with Crippen molar-refractivity contribution in [2.24, 2.45) is 5.41 Å². The Morgan fingerprint density at radius 2 is 1.80 bits per heavy atom. The van der Waals surface area contributed by atoms with Crippen molar-refractivity contribution in [2.75, 3.05) is 37.6 Å². The molecule has 0 spiro atoms. The lowest BCUT2D eigenvalue weighted by molar-refractivity contribution is 0.0330. The van der Waals surface area contributed by atoms with Gasteiger partial charge in [-0.25, -0.2) is 0 Å². The van der Waals surface area contributed by atoms with Gasteiger partial charge in [-0.15, -0.1) is 0 Å². The number of anilines is 1. The molecule has 1 heterocycles. The Labute approximate surface area is 127 Å². The van der Waals surface area contributed by atoms with Crippen LogP contribution in [0.4, 0.5) is 5.69 Å². The predicted octanol–water partition coefficient (Wildman–Crippen LogP) is 2.87. The smallest absolute Gasteiger partial charge is 0.0639 e. The minimum Gasteiger partial charge on any atom is -0.393 e. The number of halogens is 1. The largest absolute Gasteiger partial charge is 0.393 e. The second kappa shape index (κ2) is 6.33. The lowest BCUT2D eigenvalue weighted by Crippen LogP contribution is -2.50. The molecule has 2 rings (SSSR count). The Morgan fingerprint density at radius 1 is 1.20 bits per heavy atom.